The molecule has 1 fully saturated rings. The lowest BCUT2D eigenvalue weighted by atomic mass is 10.1. The highest BCUT2D eigenvalue weighted by atomic mass is 32.2. The summed E-state index contributed by atoms with van der Waals surface area (Å²) in [6.45, 7) is 3.58. The van der Waals surface area contributed by atoms with E-state index >= 15 is 0 Å². The Morgan fingerprint density at radius 2 is 2.24 bits per heavy atom. The molecule has 0 atom stereocenters. The summed E-state index contributed by atoms with van der Waals surface area (Å²) in [6, 6.07) is 0.371. The zero-order valence-corrected chi connectivity index (χ0v) is 10.7. The van der Waals surface area contributed by atoms with E-state index in [1.54, 1.807) is 19.3 Å². The average Bonchev–Trinajstić information content (AvgIpc) is 2.78. The third-order valence-corrected chi connectivity index (χ3v) is 4.24. The summed E-state index contributed by atoms with van der Waals surface area (Å²) in [5.74, 6) is 0.0749. The topological polar surface area (TPSA) is 76.0 Å². The molecule has 1 aliphatic rings. The van der Waals surface area contributed by atoms with E-state index in [0.29, 0.717) is 11.7 Å². The molecule has 2 N–H and O–H groups in total. The van der Waals surface area contributed by atoms with Crippen LogP contribution in [0.25, 0.3) is 0 Å². The molecule has 2 heterocycles. The van der Waals surface area contributed by atoms with Crippen molar-refractivity contribution >= 4 is 15.7 Å². The standard InChI is InChI=1S/C10H18N4O2S/c1-2-17(15,16)13-9-7-12-14(8-9)10-3-5-11-6-4-10/h7-8,10-11,13H,2-6H2,1H3. The van der Waals surface area contributed by atoms with E-state index in [1.807, 2.05) is 4.68 Å². The van der Waals surface area contributed by atoms with Crippen LogP contribution in [0.1, 0.15) is 25.8 Å². The maximum Gasteiger partial charge on any atom is 0.232 e. The molecule has 2 rings (SSSR count). The molecule has 96 valence electrons. The van der Waals surface area contributed by atoms with Crippen LogP contribution < -0.4 is 10.0 Å². The van der Waals surface area contributed by atoms with E-state index in [-0.39, 0.29) is 5.75 Å². The second-order valence-electron chi connectivity index (χ2n) is 4.20. The zero-order valence-electron chi connectivity index (χ0n) is 9.89. The second-order valence-corrected chi connectivity index (χ2v) is 6.21. The summed E-state index contributed by atoms with van der Waals surface area (Å²) in [6.07, 6.45) is 5.39. The van der Waals surface area contributed by atoms with E-state index in [0.717, 1.165) is 25.9 Å². The Bertz CT molecular complexity index is 462. The Hall–Kier alpha value is -1.08. The molecule has 0 bridgehead atoms. The Labute approximate surface area is 101 Å². The molecule has 1 saturated heterocycles. The molecule has 17 heavy (non-hydrogen) atoms. The van der Waals surface area contributed by atoms with Gasteiger partial charge in [-0.15, -0.1) is 0 Å². The van der Waals surface area contributed by atoms with Crippen LogP contribution in [0.4, 0.5) is 5.69 Å². The minimum atomic E-state index is -3.21. The van der Waals surface area contributed by atoms with Crippen LogP contribution in [-0.2, 0) is 10.0 Å². The first-order chi connectivity index (χ1) is 8.11. The molecular weight excluding hydrogens is 240 g/mol. The van der Waals surface area contributed by atoms with Crippen LogP contribution in [0.2, 0.25) is 0 Å². The van der Waals surface area contributed by atoms with Crippen molar-refractivity contribution in [1.82, 2.24) is 15.1 Å². The fourth-order valence-electron chi connectivity index (χ4n) is 1.91. The van der Waals surface area contributed by atoms with Crippen LogP contribution in [-0.4, -0.2) is 37.0 Å². The highest BCUT2D eigenvalue weighted by Crippen LogP contribution is 2.19. The monoisotopic (exact) mass is 258 g/mol. The SMILES string of the molecule is CCS(=O)(=O)Nc1cnn(C2CCNCC2)c1. The third kappa shape index (κ3) is 3.19. The van der Waals surface area contributed by atoms with E-state index in [4.69, 9.17) is 0 Å². The predicted molar refractivity (Wildman–Crippen MR) is 66.5 cm³/mol. The number of anilines is 1. The minimum Gasteiger partial charge on any atom is -0.317 e. The lowest BCUT2D eigenvalue weighted by Crippen LogP contribution is -2.29. The van der Waals surface area contributed by atoms with Gasteiger partial charge in [-0.05, 0) is 32.9 Å². The van der Waals surface area contributed by atoms with Crippen LogP contribution in [0, 0.1) is 0 Å². The van der Waals surface area contributed by atoms with Crippen LogP contribution >= 0.6 is 0 Å². The van der Waals surface area contributed by atoms with Gasteiger partial charge in [-0.1, -0.05) is 0 Å². The molecular formula is C10H18N4O2S. The van der Waals surface area contributed by atoms with Crippen molar-refractivity contribution in [2.45, 2.75) is 25.8 Å². The van der Waals surface area contributed by atoms with Crippen molar-refractivity contribution < 1.29 is 8.42 Å². The highest BCUT2D eigenvalue weighted by Gasteiger charge is 2.16. The summed E-state index contributed by atoms with van der Waals surface area (Å²) in [5, 5.41) is 7.51. The van der Waals surface area contributed by atoms with E-state index < -0.39 is 10.0 Å². The van der Waals surface area contributed by atoms with Gasteiger partial charge in [0.1, 0.15) is 0 Å². The molecule has 0 amide bonds. The van der Waals surface area contributed by atoms with Crippen molar-refractivity contribution in [3.8, 4) is 0 Å². The first-order valence-corrected chi connectivity index (χ1v) is 7.51. The van der Waals surface area contributed by atoms with Gasteiger partial charge < -0.3 is 5.32 Å². The van der Waals surface area contributed by atoms with Gasteiger partial charge in [0.25, 0.3) is 0 Å². The van der Waals surface area contributed by atoms with Gasteiger partial charge in [0.05, 0.1) is 23.7 Å². The number of aromatic nitrogens is 2. The number of piperidine rings is 1. The largest absolute Gasteiger partial charge is 0.317 e. The van der Waals surface area contributed by atoms with Gasteiger partial charge in [0, 0.05) is 6.20 Å². The van der Waals surface area contributed by atoms with E-state index in [1.165, 1.54) is 0 Å². The maximum atomic E-state index is 11.4. The Morgan fingerprint density at radius 3 is 2.88 bits per heavy atom. The molecule has 0 radical (unpaired) electrons. The number of nitrogens with zero attached hydrogens (tertiary/aromatic N) is 2. The summed E-state index contributed by atoms with van der Waals surface area (Å²) in [5.41, 5.74) is 0.547. The summed E-state index contributed by atoms with van der Waals surface area (Å²) in [4.78, 5) is 0. The Balaban J connectivity index is 2.05. The normalized spacial score (nSPS) is 18.2. The lowest BCUT2D eigenvalue weighted by molar-refractivity contribution is 0.343. The fraction of sp³-hybridized carbons (Fsp3) is 0.700. The quantitative estimate of drug-likeness (QED) is 0.828. The van der Waals surface area contributed by atoms with Crippen LogP contribution in [0.3, 0.4) is 0 Å². The van der Waals surface area contributed by atoms with Gasteiger partial charge in [0.15, 0.2) is 0 Å². The Morgan fingerprint density at radius 1 is 1.53 bits per heavy atom. The van der Waals surface area contributed by atoms with Gasteiger partial charge in [-0.2, -0.15) is 5.10 Å². The lowest BCUT2D eigenvalue weighted by Gasteiger charge is -2.22. The maximum absolute atomic E-state index is 11.4. The van der Waals surface area contributed by atoms with Gasteiger partial charge >= 0.3 is 0 Å². The van der Waals surface area contributed by atoms with Gasteiger partial charge in [-0.3, -0.25) is 9.40 Å². The molecule has 1 aromatic rings. The summed E-state index contributed by atoms with van der Waals surface area (Å²) >= 11 is 0. The fourth-order valence-corrected chi connectivity index (χ4v) is 2.52. The van der Waals surface area contributed by atoms with E-state index in [2.05, 4.69) is 15.1 Å². The number of rotatable bonds is 4. The second kappa shape index (κ2) is 5.05. The van der Waals surface area contributed by atoms with E-state index in [9.17, 15) is 8.42 Å². The summed E-state index contributed by atoms with van der Waals surface area (Å²) in [7, 11) is -3.21. The number of nitrogens with one attached hydrogen (secondary N) is 2. The van der Waals surface area contributed by atoms with Gasteiger partial charge in [-0.25, -0.2) is 8.42 Å². The minimum absolute atomic E-state index is 0.0749. The predicted octanol–water partition coefficient (Wildman–Crippen LogP) is 0.569. The summed E-state index contributed by atoms with van der Waals surface area (Å²) < 4.78 is 27.1. The molecule has 1 aliphatic heterocycles. The first-order valence-electron chi connectivity index (χ1n) is 5.86. The van der Waals surface area contributed by atoms with Gasteiger partial charge in [0.2, 0.25) is 10.0 Å². The van der Waals surface area contributed by atoms with Crippen molar-refractivity contribution in [2.24, 2.45) is 0 Å². The molecule has 0 aromatic carbocycles. The van der Waals surface area contributed by atoms with Crippen molar-refractivity contribution in [3.05, 3.63) is 12.4 Å². The van der Waals surface area contributed by atoms with Crippen LogP contribution in [0.5, 0.6) is 0 Å². The van der Waals surface area contributed by atoms with Crippen molar-refractivity contribution in [3.63, 3.8) is 0 Å². The molecule has 0 spiro atoms. The van der Waals surface area contributed by atoms with Crippen molar-refractivity contribution in [2.75, 3.05) is 23.6 Å². The molecule has 0 saturated carbocycles. The third-order valence-electron chi connectivity index (χ3n) is 2.94. The van der Waals surface area contributed by atoms with Crippen molar-refractivity contribution in [1.29, 1.82) is 0 Å². The average molecular weight is 258 g/mol. The molecule has 6 nitrogen and oxygen atoms in total. The number of sulfonamides is 1. The molecule has 0 unspecified atom stereocenters. The first kappa shape index (κ1) is 12.4. The number of hydrogen-bond acceptors (Lipinski definition) is 4. The molecule has 7 heteroatoms. The smallest absolute Gasteiger partial charge is 0.232 e. The highest BCUT2D eigenvalue weighted by molar-refractivity contribution is 7.92. The van der Waals surface area contributed by atoms with Crippen LogP contribution in [0.15, 0.2) is 12.4 Å². The Kier molecular flexibility index (Phi) is 3.68. The number of hydrogen-bond donors (Lipinski definition) is 2. The molecule has 0 aliphatic carbocycles. The molecule has 1 aromatic heterocycles. The zero-order chi connectivity index (χ0) is 12.3.